The zero-order chi connectivity index (χ0) is 14.3. The minimum absolute atomic E-state index is 0.445. The summed E-state index contributed by atoms with van der Waals surface area (Å²) in [6.07, 6.45) is 1.59. The number of thioether (sulfide) groups is 1. The third kappa shape index (κ3) is 5.12. The van der Waals surface area contributed by atoms with Gasteiger partial charge in [-0.05, 0) is 50.3 Å². The fourth-order valence-corrected chi connectivity index (χ4v) is 2.27. The third-order valence-electron chi connectivity index (χ3n) is 2.61. The Labute approximate surface area is 118 Å². The van der Waals surface area contributed by atoms with Crippen molar-refractivity contribution in [2.45, 2.75) is 25.7 Å². The van der Waals surface area contributed by atoms with Crippen molar-refractivity contribution in [2.24, 2.45) is 0 Å². The molecular formula is C14H21NO3S. The molecule has 0 aromatic heterocycles. The monoisotopic (exact) mass is 283 g/mol. The van der Waals surface area contributed by atoms with E-state index in [2.05, 4.69) is 5.32 Å². The number of hydrogen-bond acceptors (Lipinski definition) is 4. The Morgan fingerprint density at radius 3 is 2.68 bits per heavy atom. The molecule has 0 saturated carbocycles. The van der Waals surface area contributed by atoms with Gasteiger partial charge in [-0.2, -0.15) is 0 Å². The lowest BCUT2D eigenvalue weighted by Gasteiger charge is -2.11. The summed E-state index contributed by atoms with van der Waals surface area (Å²) in [5.41, 5.74) is 2.06. The van der Waals surface area contributed by atoms with Crippen LogP contribution in [0.1, 0.15) is 18.1 Å². The van der Waals surface area contributed by atoms with E-state index in [1.54, 1.807) is 11.8 Å². The summed E-state index contributed by atoms with van der Waals surface area (Å²) in [6, 6.07) is 3.92. The third-order valence-corrected chi connectivity index (χ3v) is 3.49. The summed E-state index contributed by atoms with van der Waals surface area (Å²) in [5.74, 6) is 0.601. The van der Waals surface area contributed by atoms with E-state index in [1.807, 2.05) is 39.2 Å². The number of amides is 1. The first-order valence-electron chi connectivity index (χ1n) is 6.27. The molecular weight excluding hydrogens is 262 g/mol. The van der Waals surface area contributed by atoms with Gasteiger partial charge in [-0.15, -0.1) is 11.8 Å². The van der Waals surface area contributed by atoms with E-state index in [-0.39, 0.29) is 0 Å². The van der Waals surface area contributed by atoms with Crippen molar-refractivity contribution >= 4 is 17.9 Å². The van der Waals surface area contributed by atoms with E-state index < -0.39 is 6.09 Å². The molecule has 1 amide bonds. The summed E-state index contributed by atoms with van der Waals surface area (Å²) in [5, 5.41) is 2.65. The molecule has 0 saturated heterocycles. The summed E-state index contributed by atoms with van der Waals surface area (Å²) in [7, 11) is 0. The largest absolute Gasteiger partial charge is 0.412 e. The molecule has 0 bridgehead atoms. The van der Waals surface area contributed by atoms with Crippen molar-refractivity contribution in [1.29, 1.82) is 0 Å². The zero-order valence-corrected chi connectivity index (χ0v) is 12.7. The number of benzene rings is 1. The van der Waals surface area contributed by atoms with Crippen molar-refractivity contribution in [3.63, 3.8) is 0 Å². The molecule has 0 aliphatic heterocycles. The van der Waals surface area contributed by atoms with Crippen LogP contribution < -0.4 is 10.1 Å². The predicted molar refractivity (Wildman–Crippen MR) is 78.2 cm³/mol. The van der Waals surface area contributed by atoms with Gasteiger partial charge in [0.15, 0.2) is 0 Å². The van der Waals surface area contributed by atoms with E-state index in [0.29, 0.717) is 25.5 Å². The second-order valence-corrected chi connectivity index (χ2v) is 4.95. The number of hydrogen-bond donors (Lipinski definition) is 1. The van der Waals surface area contributed by atoms with Gasteiger partial charge in [0.25, 0.3) is 0 Å². The van der Waals surface area contributed by atoms with Gasteiger partial charge >= 0.3 is 6.09 Å². The molecule has 5 heteroatoms. The Balaban J connectivity index is 2.57. The average Bonchev–Trinajstić information content (AvgIpc) is 2.38. The number of aryl methyl sites for hydroxylation is 2. The van der Waals surface area contributed by atoms with Crippen LogP contribution in [0.25, 0.3) is 0 Å². The van der Waals surface area contributed by atoms with Crippen molar-refractivity contribution in [3.05, 3.63) is 23.3 Å². The highest BCUT2D eigenvalue weighted by Gasteiger charge is 2.09. The Bertz CT molecular complexity index is 435. The fourth-order valence-electron chi connectivity index (χ4n) is 1.60. The minimum Gasteiger partial charge on any atom is -0.410 e. The lowest BCUT2D eigenvalue weighted by molar-refractivity contribution is 0.145. The minimum atomic E-state index is -0.445. The van der Waals surface area contributed by atoms with Crippen LogP contribution in [-0.2, 0) is 4.74 Å². The Morgan fingerprint density at radius 2 is 2.05 bits per heavy atom. The summed E-state index contributed by atoms with van der Waals surface area (Å²) < 4.78 is 10.4. The van der Waals surface area contributed by atoms with Crippen LogP contribution in [0.3, 0.4) is 0 Å². The highest BCUT2D eigenvalue weighted by atomic mass is 32.2. The van der Waals surface area contributed by atoms with Crippen molar-refractivity contribution in [2.75, 3.05) is 26.0 Å². The van der Waals surface area contributed by atoms with Gasteiger partial charge in [0, 0.05) is 18.0 Å². The highest BCUT2D eigenvalue weighted by Crippen LogP contribution is 2.28. The van der Waals surface area contributed by atoms with Gasteiger partial charge in [-0.1, -0.05) is 0 Å². The summed E-state index contributed by atoms with van der Waals surface area (Å²) in [4.78, 5) is 12.8. The molecule has 1 N–H and O–H groups in total. The van der Waals surface area contributed by atoms with Gasteiger partial charge in [-0.25, -0.2) is 4.79 Å². The van der Waals surface area contributed by atoms with E-state index in [0.717, 1.165) is 11.1 Å². The standard InChI is InChI=1S/C14H21NO3S/c1-5-17-7-6-15-14(16)18-12-8-11(3)13(19-4)9-10(12)2/h8-9H,5-7H2,1-4H3,(H,15,16). The molecule has 1 aromatic carbocycles. The van der Waals surface area contributed by atoms with Crippen LogP contribution in [0.4, 0.5) is 4.79 Å². The summed E-state index contributed by atoms with van der Waals surface area (Å²) in [6.45, 7) is 7.44. The molecule has 4 nitrogen and oxygen atoms in total. The van der Waals surface area contributed by atoms with Gasteiger partial charge in [0.1, 0.15) is 5.75 Å². The van der Waals surface area contributed by atoms with Crippen LogP contribution in [0.15, 0.2) is 17.0 Å². The van der Waals surface area contributed by atoms with Gasteiger partial charge < -0.3 is 14.8 Å². The molecule has 1 rings (SSSR count). The number of carbonyl (C=O) groups is 1. The molecule has 106 valence electrons. The van der Waals surface area contributed by atoms with E-state index in [9.17, 15) is 4.79 Å². The van der Waals surface area contributed by atoms with Crippen LogP contribution >= 0.6 is 11.8 Å². The first-order valence-corrected chi connectivity index (χ1v) is 7.49. The highest BCUT2D eigenvalue weighted by molar-refractivity contribution is 7.98. The van der Waals surface area contributed by atoms with Gasteiger partial charge in [-0.3, -0.25) is 0 Å². The molecule has 0 fully saturated rings. The zero-order valence-electron chi connectivity index (χ0n) is 11.9. The maximum atomic E-state index is 11.6. The molecule has 0 aliphatic rings. The van der Waals surface area contributed by atoms with Gasteiger partial charge in [0.05, 0.1) is 6.61 Å². The van der Waals surface area contributed by atoms with Crippen LogP contribution in [0.2, 0.25) is 0 Å². The normalized spacial score (nSPS) is 10.3. The maximum absolute atomic E-state index is 11.6. The van der Waals surface area contributed by atoms with E-state index >= 15 is 0 Å². The van der Waals surface area contributed by atoms with Crippen LogP contribution in [-0.4, -0.2) is 32.1 Å². The number of carbonyl (C=O) groups excluding carboxylic acids is 1. The lowest BCUT2D eigenvalue weighted by Crippen LogP contribution is -2.30. The molecule has 19 heavy (non-hydrogen) atoms. The molecule has 0 radical (unpaired) electrons. The van der Waals surface area contributed by atoms with E-state index in [4.69, 9.17) is 9.47 Å². The van der Waals surface area contributed by atoms with Crippen molar-refractivity contribution in [1.82, 2.24) is 5.32 Å². The lowest BCUT2D eigenvalue weighted by atomic mass is 10.1. The number of ether oxygens (including phenoxy) is 2. The first-order chi connectivity index (χ1) is 9.08. The van der Waals surface area contributed by atoms with Crippen LogP contribution in [0.5, 0.6) is 5.75 Å². The molecule has 0 spiro atoms. The SMILES string of the molecule is CCOCCNC(=O)Oc1cc(C)c(SC)cc1C. The smallest absolute Gasteiger partial charge is 0.410 e. The summed E-state index contributed by atoms with van der Waals surface area (Å²) >= 11 is 1.68. The fraction of sp³-hybridized carbons (Fsp3) is 0.500. The van der Waals surface area contributed by atoms with Crippen molar-refractivity contribution < 1.29 is 14.3 Å². The van der Waals surface area contributed by atoms with Crippen molar-refractivity contribution in [3.8, 4) is 5.75 Å². The van der Waals surface area contributed by atoms with Gasteiger partial charge in [0.2, 0.25) is 0 Å². The van der Waals surface area contributed by atoms with Crippen LogP contribution in [0, 0.1) is 13.8 Å². The predicted octanol–water partition coefficient (Wildman–Crippen LogP) is 3.15. The molecule has 1 aromatic rings. The Hall–Kier alpha value is -1.20. The quantitative estimate of drug-likeness (QED) is 0.643. The molecule has 0 unspecified atom stereocenters. The molecule has 0 atom stereocenters. The maximum Gasteiger partial charge on any atom is 0.412 e. The van der Waals surface area contributed by atoms with E-state index in [1.165, 1.54) is 4.90 Å². The number of nitrogens with one attached hydrogen (secondary N) is 1. The Kier molecular flexibility index (Phi) is 6.73. The average molecular weight is 283 g/mol. The molecule has 0 aliphatic carbocycles. The second kappa shape index (κ2) is 8.07. The topological polar surface area (TPSA) is 47.6 Å². The second-order valence-electron chi connectivity index (χ2n) is 4.10. The number of rotatable bonds is 6. The molecule has 0 heterocycles. The Morgan fingerprint density at radius 1 is 1.32 bits per heavy atom. The first kappa shape index (κ1) is 15.9.